The van der Waals surface area contributed by atoms with Gasteiger partial charge in [-0.1, -0.05) is 23.2 Å². The van der Waals surface area contributed by atoms with Crippen molar-refractivity contribution in [2.45, 2.75) is 36.7 Å². The fourth-order valence-corrected chi connectivity index (χ4v) is 3.94. The number of nitrogens with zero attached hydrogens (tertiary/aromatic N) is 1. The van der Waals surface area contributed by atoms with Crippen molar-refractivity contribution in [3.05, 3.63) is 22.2 Å². The smallest absolute Gasteiger partial charge is 0.242 e. The van der Waals surface area contributed by atoms with E-state index in [1.807, 2.05) is 14.0 Å². The monoisotopic (exact) mass is 351 g/mol. The number of hydrogen-bond acceptors (Lipinski definition) is 4. The van der Waals surface area contributed by atoms with Gasteiger partial charge in [0.05, 0.1) is 15.7 Å². The lowest BCUT2D eigenvalue weighted by molar-refractivity contribution is 0.248. The van der Waals surface area contributed by atoms with Crippen LogP contribution in [0.2, 0.25) is 10.0 Å². The predicted octanol–water partition coefficient (Wildman–Crippen LogP) is 2.34. The third-order valence-electron chi connectivity index (χ3n) is 3.77. The van der Waals surface area contributed by atoms with Crippen molar-refractivity contribution in [1.82, 2.24) is 9.62 Å². The minimum atomic E-state index is -3.71. The van der Waals surface area contributed by atoms with Gasteiger partial charge in [-0.05, 0) is 38.9 Å². The third-order valence-corrected chi connectivity index (χ3v) is 6.08. The molecule has 8 heteroatoms. The highest BCUT2D eigenvalue weighted by Gasteiger charge is 2.30. The van der Waals surface area contributed by atoms with E-state index in [0.717, 1.165) is 0 Å². The number of nitrogens with two attached hydrogens (primary N) is 1. The maximum atomic E-state index is 12.3. The Hall–Kier alpha value is -0.530. The van der Waals surface area contributed by atoms with Crippen LogP contribution in [0.1, 0.15) is 19.8 Å². The summed E-state index contributed by atoms with van der Waals surface area (Å²) < 4.78 is 27.2. The maximum Gasteiger partial charge on any atom is 0.242 e. The van der Waals surface area contributed by atoms with Gasteiger partial charge in [0.15, 0.2) is 0 Å². The molecule has 1 aromatic carbocycles. The second-order valence-corrected chi connectivity index (χ2v) is 7.89. The molecule has 1 saturated carbocycles. The zero-order chi connectivity index (χ0) is 15.8. The largest absolute Gasteiger partial charge is 0.396 e. The Morgan fingerprint density at radius 1 is 1.43 bits per heavy atom. The Labute approximate surface area is 135 Å². The minimum absolute atomic E-state index is 0.0433. The van der Waals surface area contributed by atoms with Crippen LogP contribution in [0.5, 0.6) is 0 Å². The summed E-state index contributed by atoms with van der Waals surface area (Å²) in [6.45, 7) is 2.30. The molecule has 0 spiro atoms. The van der Waals surface area contributed by atoms with E-state index in [1.165, 1.54) is 25.0 Å². The predicted molar refractivity (Wildman–Crippen MR) is 86.3 cm³/mol. The van der Waals surface area contributed by atoms with Gasteiger partial charge in [-0.15, -0.1) is 0 Å². The van der Waals surface area contributed by atoms with E-state index in [4.69, 9.17) is 28.9 Å². The van der Waals surface area contributed by atoms with Gasteiger partial charge in [0.2, 0.25) is 10.0 Å². The quantitative estimate of drug-likeness (QED) is 0.771. The molecule has 1 fully saturated rings. The lowest BCUT2D eigenvalue weighted by Crippen LogP contribution is -2.41. The van der Waals surface area contributed by atoms with Crippen LogP contribution in [0.3, 0.4) is 0 Å². The van der Waals surface area contributed by atoms with E-state index in [1.54, 1.807) is 0 Å². The summed E-state index contributed by atoms with van der Waals surface area (Å²) in [6, 6.07) is 3.46. The summed E-state index contributed by atoms with van der Waals surface area (Å²) in [4.78, 5) is 2.13. The number of benzene rings is 1. The molecule has 0 aliphatic heterocycles. The van der Waals surface area contributed by atoms with Crippen LogP contribution < -0.4 is 10.5 Å². The zero-order valence-corrected chi connectivity index (χ0v) is 14.3. The molecule has 0 heterocycles. The van der Waals surface area contributed by atoms with E-state index >= 15 is 0 Å². The first kappa shape index (κ1) is 16.8. The lowest BCUT2D eigenvalue weighted by atomic mass is 10.3. The molecule has 0 radical (unpaired) electrons. The molecule has 0 amide bonds. The summed E-state index contributed by atoms with van der Waals surface area (Å²) in [5, 5.41) is 0.194. The average Bonchev–Trinajstić information content (AvgIpc) is 3.25. The Kier molecular flexibility index (Phi) is 5.05. The summed E-state index contributed by atoms with van der Waals surface area (Å²) in [5.74, 6) is 0. The van der Waals surface area contributed by atoms with E-state index < -0.39 is 10.0 Å². The molecule has 1 aliphatic carbocycles. The van der Waals surface area contributed by atoms with E-state index in [-0.39, 0.29) is 26.7 Å². The van der Waals surface area contributed by atoms with Gasteiger partial charge in [-0.25, -0.2) is 13.1 Å². The molecule has 1 aliphatic rings. The van der Waals surface area contributed by atoms with Crippen molar-refractivity contribution in [2.24, 2.45) is 0 Å². The number of anilines is 1. The standard InChI is InChI=1S/C13H19Cl2N3O2S/c1-8(18(2)9-3-4-9)7-17-21(19,20)11-6-5-10(14)13(16)12(11)15/h5-6,8-9,17H,3-4,7,16H2,1-2H3. The minimum Gasteiger partial charge on any atom is -0.396 e. The number of nitrogens with one attached hydrogen (secondary N) is 1. The van der Waals surface area contributed by atoms with Crippen molar-refractivity contribution in [3.63, 3.8) is 0 Å². The summed E-state index contributed by atoms with van der Waals surface area (Å²) in [7, 11) is -1.71. The molecule has 1 atom stereocenters. The number of sulfonamides is 1. The number of nitrogen functional groups attached to an aromatic ring is 1. The van der Waals surface area contributed by atoms with Gasteiger partial charge in [-0.3, -0.25) is 4.90 Å². The number of likely N-dealkylation sites (N-methyl/N-ethyl adjacent to an activating group) is 1. The Morgan fingerprint density at radius 3 is 2.62 bits per heavy atom. The number of halogens is 2. The van der Waals surface area contributed by atoms with Crippen LogP contribution in [0, 0.1) is 0 Å². The van der Waals surface area contributed by atoms with E-state index in [9.17, 15) is 8.42 Å². The van der Waals surface area contributed by atoms with Crippen molar-refractivity contribution < 1.29 is 8.42 Å². The van der Waals surface area contributed by atoms with Crippen LogP contribution in [0.25, 0.3) is 0 Å². The van der Waals surface area contributed by atoms with Crippen molar-refractivity contribution in [2.75, 3.05) is 19.3 Å². The van der Waals surface area contributed by atoms with Crippen LogP contribution in [0.15, 0.2) is 17.0 Å². The maximum absolute atomic E-state index is 12.3. The van der Waals surface area contributed by atoms with Crippen molar-refractivity contribution in [1.29, 1.82) is 0 Å². The highest BCUT2D eigenvalue weighted by atomic mass is 35.5. The fraction of sp³-hybridized carbons (Fsp3) is 0.538. The van der Waals surface area contributed by atoms with Crippen LogP contribution in [-0.4, -0.2) is 39.0 Å². The van der Waals surface area contributed by atoms with Gasteiger partial charge in [0, 0.05) is 18.6 Å². The molecule has 0 saturated heterocycles. The molecule has 0 bridgehead atoms. The lowest BCUT2D eigenvalue weighted by Gasteiger charge is -2.24. The third kappa shape index (κ3) is 3.81. The van der Waals surface area contributed by atoms with Crippen LogP contribution >= 0.6 is 23.2 Å². The van der Waals surface area contributed by atoms with Gasteiger partial charge in [0.1, 0.15) is 4.90 Å². The van der Waals surface area contributed by atoms with Gasteiger partial charge in [-0.2, -0.15) is 0 Å². The summed E-state index contributed by atoms with van der Waals surface area (Å²) >= 11 is 11.8. The first-order valence-corrected chi connectivity index (χ1v) is 8.93. The van der Waals surface area contributed by atoms with Crippen molar-refractivity contribution in [3.8, 4) is 0 Å². The molecular weight excluding hydrogens is 333 g/mol. The normalized spacial score (nSPS) is 17.2. The Morgan fingerprint density at radius 2 is 2.05 bits per heavy atom. The highest BCUT2D eigenvalue weighted by molar-refractivity contribution is 7.89. The molecule has 0 aromatic heterocycles. The number of rotatable bonds is 6. The van der Waals surface area contributed by atoms with E-state index in [0.29, 0.717) is 12.6 Å². The van der Waals surface area contributed by atoms with Gasteiger partial charge >= 0.3 is 0 Å². The Bertz CT molecular complexity index is 633. The topological polar surface area (TPSA) is 75.4 Å². The SMILES string of the molecule is CC(CNS(=O)(=O)c1ccc(Cl)c(N)c1Cl)N(C)C1CC1. The second-order valence-electron chi connectivity index (χ2n) is 5.37. The number of hydrogen-bond donors (Lipinski definition) is 2. The molecule has 21 heavy (non-hydrogen) atoms. The van der Waals surface area contributed by atoms with Crippen LogP contribution in [0.4, 0.5) is 5.69 Å². The second kappa shape index (κ2) is 6.30. The molecule has 2 rings (SSSR count). The molecule has 5 nitrogen and oxygen atoms in total. The van der Waals surface area contributed by atoms with Gasteiger partial charge in [0.25, 0.3) is 0 Å². The molecule has 118 valence electrons. The first-order valence-electron chi connectivity index (χ1n) is 6.69. The van der Waals surface area contributed by atoms with E-state index in [2.05, 4.69) is 9.62 Å². The highest BCUT2D eigenvalue weighted by Crippen LogP contribution is 2.33. The molecular formula is C13H19Cl2N3O2S. The Balaban J connectivity index is 2.10. The van der Waals surface area contributed by atoms with Crippen molar-refractivity contribution >= 4 is 38.9 Å². The zero-order valence-electron chi connectivity index (χ0n) is 11.9. The molecule has 3 N–H and O–H groups in total. The molecule has 1 unspecified atom stereocenters. The summed E-state index contributed by atoms with van der Waals surface area (Å²) in [6.07, 6.45) is 2.35. The summed E-state index contributed by atoms with van der Waals surface area (Å²) in [5.41, 5.74) is 5.74. The first-order chi connectivity index (χ1) is 9.74. The molecule has 1 aromatic rings. The average molecular weight is 352 g/mol. The fourth-order valence-electron chi connectivity index (χ4n) is 2.05. The van der Waals surface area contributed by atoms with Crippen LogP contribution in [-0.2, 0) is 10.0 Å². The van der Waals surface area contributed by atoms with Gasteiger partial charge < -0.3 is 5.73 Å².